The highest BCUT2D eigenvalue weighted by Crippen LogP contribution is 2.42. The molecule has 3 nitrogen and oxygen atoms in total. The molecule has 1 aliphatic rings. The summed E-state index contributed by atoms with van der Waals surface area (Å²) >= 11 is 0. The van der Waals surface area contributed by atoms with E-state index in [1.807, 2.05) is 25.1 Å². The quantitative estimate of drug-likeness (QED) is 0.886. The Balaban J connectivity index is 1.99. The van der Waals surface area contributed by atoms with E-state index in [2.05, 4.69) is 24.3 Å². The lowest BCUT2D eigenvalue weighted by atomic mass is 9.82. The Bertz CT molecular complexity index is 429. The second-order valence-electron chi connectivity index (χ2n) is 5.48. The van der Waals surface area contributed by atoms with Gasteiger partial charge in [-0.1, -0.05) is 42.5 Å². The number of hydrogen-bond acceptors (Lipinski definition) is 3. The van der Waals surface area contributed by atoms with E-state index in [0.29, 0.717) is 13.0 Å². The van der Waals surface area contributed by atoms with Crippen molar-refractivity contribution in [2.24, 2.45) is 5.41 Å². The minimum Gasteiger partial charge on any atom is -0.396 e. The van der Waals surface area contributed by atoms with Crippen molar-refractivity contribution in [2.75, 3.05) is 20.3 Å². The maximum atomic E-state index is 9.67. The molecule has 0 amide bonds. The molecule has 2 unspecified atom stereocenters. The molecule has 0 bridgehead atoms. The molecule has 1 aliphatic heterocycles. The van der Waals surface area contributed by atoms with Crippen molar-refractivity contribution in [3.05, 3.63) is 42.0 Å². The number of aliphatic hydroxyl groups is 1. The van der Waals surface area contributed by atoms with E-state index in [1.165, 1.54) is 5.56 Å². The molecule has 1 saturated heterocycles. The lowest BCUT2D eigenvalue weighted by molar-refractivity contribution is -0.178. The van der Waals surface area contributed by atoms with Crippen molar-refractivity contribution in [1.82, 2.24) is 0 Å². The van der Waals surface area contributed by atoms with Gasteiger partial charge in [0.15, 0.2) is 5.79 Å². The summed E-state index contributed by atoms with van der Waals surface area (Å²) in [6.07, 6.45) is 5.69. The molecule has 2 rings (SSSR count). The van der Waals surface area contributed by atoms with E-state index in [9.17, 15) is 5.11 Å². The Morgan fingerprint density at radius 2 is 2.11 bits per heavy atom. The van der Waals surface area contributed by atoms with E-state index >= 15 is 0 Å². The van der Waals surface area contributed by atoms with Gasteiger partial charge in [0, 0.05) is 18.9 Å². The van der Waals surface area contributed by atoms with Gasteiger partial charge in [-0.15, -0.1) is 0 Å². The summed E-state index contributed by atoms with van der Waals surface area (Å²) in [6, 6.07) is 10.2. The smallest absolute Gasteiger partial charge is 0.165 e. The topological polar surface area (TPSA) is 38.7 Å². The van der Waals surface area contributed by atoms with Crippen LogP contribution in [0.5, 0.6) is 0 Å². The number of ether oxygens (including phenoxy) is 2. The van der Waals surface area contributed by atoms with Crippen molar-refractivity contribution < 1.29 is 14.6 Å². The first-order valence-corrected chi connectivity index (χ1v) is 6.63. The van der Waals surface area contributed by atoms with Crippen LogP contribution in [0.25, 0.3) is 6.08 Å². The third-order valence-corrected chi connectivity index (χ3v) is 3.81. The third-order valence-electron chi connectivity index (χ3n) is 3.81. The molecular weight excluding hydrogens is 240 g/mol. The molecule has 0 radical (unpaired) electrons. The molecule has 3 heteroatoms. The lowest BCUT2D eigenvalue weighted by Gasteiger charge is -2.25. The standard InChI is InChI=1S/C16H22O3/c1-15(18-2)11-16(12-17,13-19-15)10-6-9-14-7-4-3-5-8-14/h3-9,17H,10-13H2,1-2H3/b9-6+. The molecule has 19 heavy (non-hydrogen) atoms. The normalized spacial score (nSPS) is 31.1. The van der Waals surface area contributed by atoms with E-state index in [4.69, 9.17) is 9.47 Å². The Morgan fingerprint density at radius 3 is 2.68 bits per heavy atom. The fourth-order valence-electron chi connectivity index (χ4n) is 2.53. The van der Waals surface area contributed by atoms with Gasteiger partial charge in [0.1, 0.15) is 0 Å². The van der Waals surface area contributed by atoms with Crippen LogP contribution in [0.4, 0.5) is 0 Å². The molecule has 0 aromatic heterocycles. The van der Waals surface area contributed by atoms with Gasteiger partial charge < -0.3 is 14.6 Å². The van der Waals surface area contributed by atoms with E-state index in [-0.39, 0.29) is 12.0 Å². The lowest BCUT2D eigenvalue weighted by Crippen LogP contribution is -2.29. The number of benzene rings is 1. The molecule has 0 saturated carbocycles. The summed E-state index contributed by atoms with van der Waals surface area (Å²) in [6.45, 7) is 2.57. The van der Waals surface area contributed by atoms with Crippen LogP contribution in [0, 0.1) is 5.41 Å². The predicted molar refractivity (Wildman–Crippen MR) is 75.6 cm³/mol. The second-order valence-corrected chi connectivity index (χ2v) is 5.48. The van der Waals surface area contributed by atoms with Gasteiger partial charge in [-0.2, -0.15) is 0 Å². The molecule has 2 atom stereocenters. The van der Waals surface area contributed by atoms with E-state index in [0.717, 1.165) is 6.42 Å². The highest BCUT2D eigenvalue weighted by Gasteiger charge is 2.46. The summed E-state index contributed by atoms with van der Waals surface area (Å²) in [4.78, 5) is 0. The van der Waals surface area contributed by atoms with Gasteiger partial charge in [-0.05, 0) is 18.9 Å². The monoisotopic (exact) mass is 262 g/mol. The summed E-state index contributed by atoms with van der Waals surface area (Å²) < 4.78 is 11.0. The van der Waals surface area contributed by atoms with Crippen LogP contribution in [-0.4, -0.2) is 31.2 Å². The van der Waals surface area contributed by atoms with Crippen molar-refractivity contribution in [3.8, 4) is 0 Å². The van der Waals surface area contributed by atoms with Crippen LogP contribution >= 0.6 is 0 Å². The zero-order valence-corrected chi connectivity index (χ0v) is 11.6. The van der Waals surface area contributed by atoms with Crippen molar-refractivity contribution in [3.63, 3.8) is 0 Å². The van der Waals surface area contributed by atoms with Crippen LogP contribution in [0.2, 0.25) is 0 Å². The van der Waals surface area contributed by atoms with Gasteiger partial charge in [0.05, 0.1) is 13.2 Å². The Morgan fingerprint density at radius 1 is 1.37 bits per heavy atom. The first-order chi connectivity index (χ1) is 9.11. The number of rotatable bonds is 5. The summed E-state index contributed by atoms with van der Waals surface area (Å²) in [5.41, 5.74) is 0.944. The molecule has 1 N–H and O–H groups in total. The number of methoxy groups -OCH3 is 1. The second kappa shape index (κ2) is 5.87. The minimum atomic E-state index is -0.566. The maximum Gasteiger partial charge on any atom is 0.165 e. The zero-order valence-electron chi connectivity index (χ0n) is 11.6. The van der Waals surface area contributed by atoms with Crippen LogP contribution in [-0.2, 0) is 9.47 Å². The van der Waals surface area contributed by atoms with Gasteiger partial charge in [-0.25, -0.2) is 0 Å². The summed E-state index contributed by atoms with van der Waals surface area (Å²) in [7, 11) is 1.65. The fourth-order valence-corrected chi connectivity index (χ4v) is 2.53. The van der Waals surface area contributed by atoms with E-state index < -0.39 is 5.79 Å². The average Bonchev–Trinajstić information content (AvgIpc) is 2.79. The Hall–Kier alpha value is -1.16. The van der Waals surface area contributed by atoms with Gasteiger partial charge in [-0.3, -0.25) is 0 Å². The summed E-state index contributed by atoms with van der Waals surface area (Å²) in [5.74, 6) is -0.566. The third kappa shape index (κ3) is 3.44. The molecule has 1 heterocycles. The fraction of sp³-hybridized carbons (Fsp3) is 0.500. The highest BCUT2D eigenvalue weighted by molar-refractivity contribution is 5.48. The molecule has 1 fully saturated rings. The van der Waals surface area contributed by atoms with Crippen LogP contribution in [0.15, 0.2) is 36.4 Å². The van der Waals surface area contributed by atoms with Gasteiger partial charge >= 0.3 is 0 Å². The van der Waals surface area contributed by atoms with Crippen LogP contribution in [0.1, 0.15) is 25.3 Å². The maximum absolute atomic E-state index is 9.67. The molecule has 0 aliphatic carbocycles. The average molecular weight is 262 g/mol. The molecule has 1 aromatic carbocycles. The van der Waals surface area contributed by atoms with Crippen molar-refractivity contribution in [2.45, 2.75) is 25.6 Å². The first kappa shape index (κ1) is 14.3. The minimum absolute atomic E-state index is 0.116. The number of allylic oxidation sites excluding steroid dienone is 1. The zero-order chi connectivity index (χ0) is 13.8. The van der Waals surface area contributed by atoms with Gasteiger partial charge in [0.25, 0.3) is 0 Å². The van der Waals surface area contributed by atoms with Gasteiger partial charge in [0.2, 0.25) is 0 Å². The highest BCUT2D eigenvalue weighted by atomic mass is 16.7. The van der Waals surface area contributed by atoms with E-state index in [1.54, 1.807) is 7.11 Å². The van der Waals surface area contributed by atoms with Crippen LogP contribution in [0.3, 0.4) is 0 Å². The largest absolute Gasteiger partial charge is 0.396 e. The molecular formula is C16H22O3. The molecule has 104 valence electrons. The molecule has 0 spiro atoms. The first-order valence-electron chi connectivity index (χ1n) is 6.63. The Labute approximate surface area is 114 Å². The van der Waals surface area contributed by atoms with Crippen molar-refractivity contribution >= 4 is 6.08 Å². The Kier molecular flexibility index (Phi) is 4.40. The SMILES string of the molecule is COC1(C)CC(CO)(C/C=C/c2ccccc2)CO1. The van der Waals surface area contributed by atoms with Crippen LogP contribution < -0.4 is 0 Å². The molecule has 1 aromatic rings. The van der Waals surface area contributed by atoms with Crippen molar-refractivity contribution in [1.29, 1.82) is 0 Å². The number of hydrogen-bond donors (Lipinski definition) is 1. The predicted octanol–water partition coefficient (Wildman–Crippen LogP) is 2.85. The summed E-state index contributed by atoms with van der Waals surface area (Å²) in [5, 5.41) is 9.67. The number of aliphatic hydroxyl groups excluding tert-OH is 1.